The van der Waals surface area contributed by atoms with E-state index in [0.717, 1.165) is 0 Å². The van der Waals surface area contributed by atoms with Crippen molar-refractivity contribution in [3.05, 3.63) is 0 Å². The highest BCUT2D eigenvalue weighted by Crippen LogP contribution is 2.40. The number of ether oxygens (including phenoxy) is 1. The van der Waals surface area contributed by atoms with Crippen LogP contribution in [0.2, 0.25) is 0 Å². The van der Waals surface area contributed by atoms with Gasteiger partial charge in [0.05, 0.1) is 18.9 Å². The van der Waals surface area contributed by atoms with Gasteiger partial charge in [-0.15, -0.1) is 0 Å². The number of nitrogens with zero attached hydrogens (tertiary/aromatic N) is 1. The molecule has 0 heterocycles. The van der Waals surface area contributed by atoms with Crippen LogP contribution in [-0.2, 0) is 14.3 Å². The van der Waals surface area contributed by atoms with Gasteiger partial charge in [0.2, 0.25) is 5.91 Å². The van der Waals surface area contributed by atoms with Crippen molar-refractivity contribution in [2.75, 3.05) is 21.2 Å². The third-order valence-electron chi connectivity index (χ3n) is 2.05. The molecule has 0 aromatic carbocycles. The molecule has 0 spiro atoms. The number of amides is 1. The average molecular weight is 171 g/mol. The smallest absolute Gasteiger partial charge is 0.309 e. The normalized spacial score (nSPS) is 26.2. The summed E-state index contributed by atoms with van der Waals surface area (Å²) in [5, 5.41) is 0. The third-order valence-corrected chi connectivity index (χ3v) is 2.05. The summed E-state index contributed by atoms with van der Waals surface area (Å²) < 4.78 is 4.52. The van der Waals surface area contributed by atoms with E-state index >= 15 is 0 Å². The van der Waals surface area contributed by atoms with Crippen molar-refractivity contribution in [1.29, 1.82) is 0 Å². The molecule has 0 aliphatic heterocycles. The van der Waals surface area contributed by atoms with Crippen LogP contribution in [0.1, 0.15) is 6.42 Å². The van der Waals surface area contributed by atoms with Crippen molar-refractivity contribution in [1.82, 2.24) is 4.90 Å². The Labute approximate surface area is 71.5 Å². The number of hydrogen-bond donors (Lipinski definition) is 0. The lowest BCUT2D eigenvalue weighted by atomic mass is 10.3. The number of rotatable bonds is 2. The van der Waals surface area contributed by atoms with E-state index in [1.165, 1.54) is 12.0 Å². The van der Waals surface area contributed by atoms with Gasteiger partial charge in [-0.3, -0.25) is 9.59 Å². The van der Waals surface area contributed by atoms with Gasteiger partial charge in [0, 0.05) is 14.1 Å². The molecule has 0 saturated heterocycles. The van der Waals surface area contributed by atoms with Crippen LogP contribution in [0.4, 0.5) is 0 Å². The van der Waals surface area contributed by atoms with Crippen LogP contribution >= 0.6 is 0 Å². The highest BCUT2D eigenvalue weighted by Gasteiger charge is 2.49. The zero-order chi connectivity index (χ0) is 9.30. The molecule has 4 nitrogen and oxygen atoms in total. The molecule has 0 N–H and O–H groups in total. The predicted molar refractivity (Wildman–Crippen MR) is 42.3 cm³/mol. The van der Waals surface area contributed by atoms with Gasteiger partial charge < -0.3 is 9.64 Å². The van der Waals surface area contributed by atoms with E-state index < -0.39 is 0 Å². The lowest BCUT2D eigenvalue weighted by Crippen LogP contribution is -2.25. The molecule has 4 heteroatoms. The number of esters is 1. The van der Waals surface area contributed by atoms with Crippen LogP contribution in [0.5, 0.6) is 0 Å². The van der Waals surface area contributed by atoms with Crippen molar-refractivity contribution in [2.45, 2.75) is 6.42 Å². The molecule has 68 valence electrons. The predicted octanol–water partition coefficient (Wildman–Crippen LogP) is -0.116. The van der Waals surface area contributed by atoms with Crippen molar-refractivity contribution >= 4 is 11.9 Å². The standard InChI is InChI=1S/C8H13NO3/c1-9(2)7(10)5-4-6(5)8(11)12-3/h5-6H,4H2,1-3H3/t5-,6-/m1/s1. The van der Waals surface area contributed by atoms with Crippen LogP contribution in [-0.4, -0.2) is 38.0 Å². The summed E-state index contributed by atoms with van der Waals surface area (Å²) in [5.41, 5.74) is 0. The van der Waals surface area contributed by atoms with Crippen LogP contribution in [0.3, 0.4) is 0 Å². The van der Waals surface area contributed by atoms with Gasteiger partial charge >= 0.3 is 5.97 Å². The minimum atomic E-state index is -0.268. The molecule has 1 rings (SSSR count). The largest absolute Gasteiger partial charge is 0.469 e. The Morgan fingerprint density at radius 1 is 1.33 bits per heavy atom. The van der Waals surface area contributed by atoms with Gasteiger partial charge in [0.25, 0.3) is 0 Å². The van der Waals surface area contributed by atoms with Crippen LogP contribution < -0.4 is 0 Å². The molecule has 0 unspecified atom stereocenters. The number of methoxy groups -OCH3 is 1. The summed E-state index contributed by atoms with van der Waals surface area (Å²) in [5.74, 6) is -0.571. The quantitative estimate of drug-likeness (QED) is 0.544. The Balaban J connectivity index is 2.42. The van der Waals surface area contributed by atoms with Gasteiger partial charge in [-0.1, -0.05) is 0 Å². The van der Waals surface area contributed by atoms with E-state index in [1.54, 1.807) is 14.1 Å². The zero-order valence-corrected chi connectivity index (χ0v) is 7.53. The summed E-state index contributed by atoms with van der Waals surface area (Å²) in [6.07, 6.45) is 0.643. The lowest BCUT2D eigenvalue weighted by Gasteiger charge is -2.08. The molecule has 0 radical (unpaired) electrons. The summed E-state index contributed by atoms with van der Waals surface area (Å²) in [6, 6.07) is 0. The third kappa shape index (κ3) is 1.57. The summed E-state index contributed by atoms with van der Waals surface area (Å²) >= 11 is 0. The Bertz CT molecular complexity index is 212. The maximum atomic E-state index is 11.3. The molecule has 1 amide bonds. The van der Waals surface area contributed by atoms with E-state index in [9.17, 15) is 9.59 Å². The fraction of sp³-hybridized carbons (Fsp3) is 0.750. The number of hydrogen-bond acceptors (Lipinski definition) is 3. The van der Waals surface area contributed by atoms with E-state index in [2.05, 4.69) is 4.74 Å². The van der Waals surface area contributed by atoms with E-state index in [1.807, 2.05) is 0 Å². The fourth-order valence-corrected chi connectivity index (χ4v) is 1.21. The van der Waals surface area contributed by atoms with Crippen LogP contribution in [0.15, 0.2) is 0 Å². The second kappa shape index (κ2) is 3.13. The minimum absolute atomic E-state index is 0.0189. The molecule has 1 saturated carbocycles. The van der Waals surface area contributed by atoms with Gasteiger partial charge in [-0.05, 0) is 6.42 Å². The van der Waals surface area contributed by atoms with Gasteiger partial charge in [-0.2, -0.15) is 0 Å². The zero-order valence-electron chi connectivity index (χ0n) is 7.53. The van der Waals surface area contributed by atoms with Crippen LogP contribution in [0.25, 0.3) is 0 Å². The van der Waals surface area contributed by atoms with Crippen molar-refractivity contribution in [3.8, 4) is 0 Å². The summed E-state index contributed by atoms with van der Waals surface area (Å²) in [6.45, 7) is 0. The molecule has 12 heavy (non-hydrogen) atoms. The second-order valence-electron chi connectivity index (χ2n) is 3.20. The fourth-order valence-electron chi connectivity index (χ4n) is 1.21. The first-order valence-corrected chi connectivity index (χ1v) is 3.87. The van der Waals surface area contributed by atoms with Gasteiger partial charge in [0.1, 0.15) is 0 Å². The Morgan fingerprint density at radius 3 is 2.33 bits per heavy atom. The molecular weight excluding hydrogens is 158 g/mol. The van der Waals surface area contributed by atoms with E-state index in [4.69, 9.17) is 0 Å². The first-order chi connectivity index (χ1) is 5.57. The van der Waals surface area contributed by atoms with Gasteiger partial charge in [-0.25, -0.2) is 0 Å². The van der Waals surface area contributed by atoms with Crippen LogP contribution in [0, 0.1) is 11.8 Å². The summed E-state index contributed by atoms with van der Waals surface area (Å²) in [7, 11) is 4.72. The summed E-state index contributed by atoms with van der Waals surface area (Å²) in [4.78, 5) is 23.7. The highest BCUT2D eigenvalue weighted by atomic mass is 16.5. The maximum Gasteiger partial charge on any atom is 0.309 e. The Hall–Kier alpha value is -1.06. The number of carbonyl (C=O) groups is 2. The Morgan fingerprint density at radius 2 is 1.92 bits per heavy atom. The van der Waals surface area contributed by atoms with E-state index in [-0.39, 0.29) is 23.7 Å². The molecule has 2 atom stereocenters. The second-order valence-corrected chi connectivity index (χ2v) is 3.20. The first-order valence-electron chi connectivity index (χ1n) is 3.87. The Kier molecular flexibility index (Phi) is 2.35. The minimum Gasteiger partial charge on any atom is -0.469 e. The first kappa shape index (κ1) is 9.03. The van der Waals surface area contributed by atoms with Crippen molar-refractivity contribution in [3.63, 3.8) is 0 Å². The van der Waals surface area contributed by atoms with Gasteiger partial charge in [0.15, 0.2) is 0 Å². The molecule has 1 fully saturated rings. The molecular formula is C8H13NO3. The molecule has 0 aromatic rings. The topological polar surface area (TPSA) is 46.6 Å². The highest BCUT2D eigenvalue weighted by molar-refractivity contribution is 5.89. The monoisotopic (exact) mass is 171 g/mol. The molecule has 1 aliphatic carbocycles. The number of carbonyl (C=O) groups excluding carboxylic acids is 2. The SMILES string of the molecule is COC(=O)[C@@H]1C[C@H]1C(=O)N(C)C. The average Bonchev–Trinajstić information content (AvgIpc) is 2.80. The molecule has 0 aromatic heterocycles. The van der Waals surface area contributed by atoms with Crippen molar-refractivity contribution in [2.24, 2.45) is 11.8 Å². The molecule has 1 aliphatic rings. The maximum absolute atomic E-state index is 11.3. The lowest BCUT2D eigenvalue weighted by molar-refractivity contribution is -0.144. The van der Waals surface area contributed by atoms with E-state index in [0.29, 0.717) is 6.42 Å². The molecule has 0 bridgehead atoms. The van der Waals surface area contributed by atoms with Crippen molar-refractivity contribution < 1.29 is 14.3 Å².